The van der Waals surface area contributed by atoms with Crippen LogP contribution in [0.5, 0.6) is 0 Å². The summed E-state index contributed by atoms with van der Waals surface area (Å²) < 4.78 is 0. The number of carboxylic acid groups (broad SMARTS) is 1. The number of aryl methyl sites for hydroxylation is 2. The lowest BCUT2D eigenvalue weighted by Gasteiger charge is -2.23. The molecule has 0 aliphatic rings. The number of carbonyl (C=O) groups is 2. The van der Waals surface area contributed by atoms with Gasteiger partial charge in [-0.1, -0.05) is 84.4 Å². The van der Waals surface area contributed by atoms with Crippen molar-refractivity contribution in [1.82, 2.24) is 14.9 Å². The first kappa shape index (κ1) is 27.8. The number of aliphatic carboxylic acids is 1. The Kier molecular flexibility index (Phi) is 9.64. The molecule has 0 atom stereocenters. The van der Waals surface area contributed by atoms with Crippen molar-refractivity contribution in [2.24, 2.45) is 0 Å². The molecule has 200 valence electrons. The van der Waals surface area contributed by atoms with Crippen molar-refractivity contribution >= 4 is 29.4 Å². The van der Waals surface area contributed by atoms with E-state index in [1.54, 1.807) is 18.2 Å². The van der Waals surface area contributed by atoms with Crippen LogP contribution in [0.2, 0.25) is 5.02 Å². The molecule has 4 aromatic rings. The molecule has 4 rings (SSSR count). The summed E-state index contributed by atoms with van der Waals surface area (Å²) in [5.74, 6) is -1.02. The van der Waals surface area contributed by atoms with E-state index in [9.17, 15) is 14.7 Å². The molecule has 8 heteroatoms. The first-order valence-electron chi connectivity index (χ1n) is 12.8. The van der Waals surface area contributed by atoms with Crippen molar-refractivity contribution in [3.05, 3.63) is 124 Å². The number of hydrogen-bond acceptors (Lipinski definition) is 5. The van der Waals surface area contributed by atoms with E-state index >= 15 is 0 Å². The van der Waals surface area contributed by atoms with Gasteiger partial charge in [-0.2, -0.15) is 0 Å². The van der Waals surface area contributed by atoms with Gasteiger partial charge in [0.1, 0.15) is 6.54 Å². The van der Waals surface area contributed by atoms with Crippen LogP contribution in [-0.2, 0) is 30.6 Å². The molecule has 0 unspecified atom stereocenters. The molecule has 0 aliphatic heterocycles. The zero-order valence-corrected chi connectivity index (χ0v) is 22.6. The molecule has 39 heavy (non-hydrogen) atoms. The summed E-state index contributed by atoms with van der Waals surface area (Å²) in [4.78, 5) is 38.0. The standard InChI is InChI=1S/C31H31ClN4O3/c1-35(18-17-24-11-6-3-7-12-24)31-33-20-27(28(34-31)16-15-23-9-4-2-5-10-23)30(39)36(22-29(37)38)21-25-13-8-14-26(32)19-25/h2-14,19-20H,15-18,21-22H2,1H3,(H,37,38). The van der Waals surface area contributed by atoms with E-state index in [-0.39, 0.29) is 6.54 Å². The Morgan fingerprint density at radius 2 is 1.49 bits per heavy atom. The van der Waals surface area contributed by atoms with Crippen molar-refractivity contribution in [1.29, 1.82) is 0 Å². The maximum Gasteiger partial charge on any atom is 0.323 e. The van der Waals surface area contributed by atoms with Gasteiger partial charge in [0, 0.05) is 31.4 Å². The molecule has 0 saturated heterocycles. The largest absolute Gasteiger partial charge is 0.480 e. The molecule has 0 saturated carbocycles. The third kappa shape index (κ3) is 8.12. The second kappa shape index (κ2) is 13.5. The zero-order valence-electron chi connectivity index (χ0n) is 21.8. The van der Waals surface area contributed by atoms with Crippen LogP contribution in [0.4, 0.5) is 5.95 Å². The Labute approximate surface area is 233 Å². The highest BCUT2D eigenvalue weighted by molar-refractivity contribution is 6.30. The summed E-state index contributed by atoms with van der Waals surface area (Å²) in [6.07, 6.45) is 3.54. The normalized spacial score (nSPS) is 10.7. The predicted molar refractivity (Wildman–Crippen MR) is 153 cm³/mol. The predicted octanol–water partition coefficient (Wildman–Crippen LogP) is 5.32. The van der Waals surface area contributed by atoms with Gasteiger partial charge in [0.15, 0.2) is 0 Å². The maximum atomic E-state index is 13.7. The summed E-state index contributed by atoms with van der Waals surface area (Å²) in [6.45, 7) is 0.347. The van der Waals surface area contributed by atoms with Crippen LogP contribution >= 0.6 is 11.6 Å². The van der Waals surface area contributed by atoms with Crippen LogP contribution in [0.1, 0.15) is 32.7 Å². The molecule has 0 aliphatic carbocycles. The average Bonchev–Trinajstić information content (AvgIpc) is 2.95. The van der Waals surface area contributed by atoms with E-state index in [1.165, 1.54) is 16.7 Å². The number of halogens is 1. The molecule has 3 aromatic carbocycles. The van der Waals surface area contributed by atoms with Gasteiger partial charge in [0.2, 0.25) is 5.95 Å². The van der Waals surface area contributed by atoms with E-state index in [0.29, 0.717) is 41.6 Å². The molecular formula is C31H31ClN4O3. The lowest BCUT2D eigenvalue weighted by molar-refractivity contribution is -0.137. The second-order valence-electron chi connectivity index (χ2n) is 9.36. The number of benzene rings is 3. The Morgan fingerprint density at radius 1 is 0.846 bits per heavy atom. The second-order valence-corrected chi connectivity index (χ2v) is 9.79. The highest BCUT2D eigenvalue weighted by Gasteiger charge is 2.24. The van der Waals surface area contributed by atoms with Gasteiger partial charge in [-0.25, -0.2) is 9.97 Å². The van der Waals surface area contributed by atoms with Gasteiger partial charge >= 0.3 is 5.97 Å². The third-order valence-electron chi connectivity index (χ3n) is 6.37. The fourth-order valence-electron chi connectivity index (χ4n) is 4.30. The molecule has 0 fully saturated rings. The molecule has 1 heterocycles. The van der Waals surface area contributed by atoms with Gasteiger partial charge in [0.05, 0.1) is 11.3 Å². The van der Waals surface area contributed by atoms with Gasteiger partial charge in [-0.3, -0.25) is 9.59 Å². The van der Waals surface area contributed by atoms with E-state index < -0.39 is 18.4 Å². The minimum atomic E-state index is -1.10. The van der Waals surface area contributed by atoms with E-state index in [4.69, 9.17) is 16.6 Å². The number of anilines is 1. The highest BCUT2D eigenvalue weighted by Crippen LogP contribution is 2.19. The van der Waals surface area contributed by atoms with Gasteiger partial charge in [-0.05, 0) is 48.1 Å². The number of hydrogen-bond donors (Lipinski definition) is 1. The van der Waals surface area contributed by atoms with Crippen molar-refractivity contribution in [2.45, 2.75) is 25.8 Å². The van der Waals surface area contributed by atoms with E-state index in [2.05, 4.69) is 17.1 Å². The topological polar surface area (TPSA) is 86.6 Å². The number of carbonyl (C=O) groups excluding carboxylic acids is 1. The van der Waals surface area contributed by atoms with Crippen molar-refractivity contribution in [3.8, 4) is 0 Å². The van der Waals surface area contributed by atoms with Gasteiger partial charge in [0.25, 0.3) is 5.91 Å². The van der Waals surface area contributed by atoms with Crippen molar-refractivity contribution < 1.29 is 14.7 Å². The molecule has 0 radical (unpaired) electrons. The lowest BCUT2D eigenvalue weighted by atomic mass is 10.0. The number of amides is 1. The van der Waals surface area contributed by atoms with E-state index in [0.717, 1.165) is 17.5 Å². The number of nitrogens with zero attached hydrogens (tertiary/aromatic N) is 4. The summed E-state index contributed by atoms with van der Waals surface area (Å²) in [7, 11) is 1.93. The zero-order chi connectivity index (χ0) is 27.6. The third-order valence-corrected chi connectivity index (χ3v) is 6.61. The monoisotopic (exact) mass is 542 g/mol. The fourth-order valence-corrected chi connectivity index (χ4v) is 4.51. The number of aromatic nitrogens is 2. The molecule has 1 N–H and O–H groups in total. The summed E-state index contributed by atoms with van der Waals surface area (Å²) in [5.41, 5.74) is 3.96. The summed E-state index contributed by atoms with van der Waals surface area (Å²) in [5, 5.41) is 10.1. The SMILES string of the molecule is CN(CCc1ccccc1)c1ncc(C(=O)N(CC(=O)O)Cc2cccc(Cl)c2)c(CCc2ccccc2)n1. The Hall–Kier alpha value is -4.23. The first-order chi connectivity index (χ1) is 18.9. The molecule has 0 spiro atoms. The lowest BCUT2D eigenvalue weighted by Crippen LogP contribution is -2.36. The van der Waals surface area contributed by atoms with Crippen LogP contribution in [-0.4, -0.2) is 52.0 Å². The summed E-state index contributed by atoms with van der Waals surface area (Å²) >= 11 is 6.12. The van der Waals surface area contributed by atoms with Crippen molar-refractivity contribution in [2.75, 3.05) is 25.0 Å². The average molecular weight is 543 g/mol. The highest BCUT2D eigenvalue weighted by atomic mass is 35.5. The van der Waals surface area contributed by atoms with Gasteiger partial charge < -0.3 is 14.9 Å². The van der Waals surface area contributed by atoms with Crippen LogP contribution in [0.15, 0.2) is 91.1 Å². The quantitative estimate of drug-likeness (QED) is 0.261. The van der Waals surface area contributed by atoms with Crippen LogP contribution in [0.3, 0.4) is 0 Å². The minimum Gasteiger partial charge on any atom is -0.480 e. The van der Waals surface area contributed by atoms with E-state index in [1.807, 2.05) is 66.5 Å². The maximum absolute atomic E-state index is 13.7. The Bertz CT molecular complexity index is 1400. The van der Waals surface area contributed by atoms with Crippen LogP contribution < -0.4 is 4.90 Å². The molecule has 7 nitrogen and oxygen atoms in total. The Morgan fingerprint density at radius 3 is 2.13 bits per heavy atom. The minimum absolute atomic E-state index is 0.0998. The first-order valence-corrected chi connectivity index (χ1v) is 13.2. The molecule has 1 amide bonds. The molecule has 1 aromatic heterocycles. The summed E-state index contributed by atoms with van der Waals surface area (Å²) in [6, 6.07) is 27.2. The molecular weight excluding hydrogens is 512 g/mol. The van der Waals surface area contributed by atoms with Gasteiger partial charge in [-0.15, -0.1) is 0 Å². The van der Waals surface area contributed by atoms with Crippen molar-refractivity contribution in [3.63, 3.8) is 0 Å². The fraction of sp³-hybridized carbons (Fsp3) is 0.226. The number of carboxylic acids is 1. The number of likely N-dealkylation sites (N-methyl/N-ethyl adjacent to an activating group) is 1. The van der Waals surface area contributed by atoms with Crippen LogP contribution in [0.25, 0.3) is 0 Å². The molecule has 0 bridgehead atoms. The number of rotatable bonds is 12. The smallest absolute Gasteiger partial charge is 0.323 e. The Balaban J connectivity index is 1.61. The van der Waals surface area contributed by atoms with Crippen LogP contribution in [0, 0.1) is 0 Å².